The van der Waals surface area contributed by atoms with Crippen LogP contribution < -0.4 is 15.4 Å². The standard InChI is InChI=1S/C20H20N4O/c1-3-12-21-20-23-18(15-8-5-4-6-9-15)14-19(24-20)22-16-10-7-11-17(13-16)25-2/h3-11,13-14H,1,12H2,2H3,(H2,21,22,23,24). The van der Waals surface area contributed by atoms with Crippen molar-refractivity contribution in [1.82, 2.24) is 9.97 Å². The van der Waals surface area contributed by atoms with Gasteiger partial charge < -0.3 is 15.4 Å². The van der Waals surface area contributed by atoms with E-state index in [0.717, 1.165) is 22.7 Å². The van der Waals surface area contributed by atoms with Crippen molar-refractivity contribution < 1.29 is 4.74 Å². The van der Waals surface area contributed by atoms with Crippen LogP contribution in [-0.4, -0.2) is 23.6 Å². The SMILES string of the molecule is C=CCNc1nc(Nc2cccc(OC)c2)cc(-c2ccccc2)n1. The molecule has 1 heterocycles. The highest BCUT2D eigenvalue weighted by Crippen LogP contribution is 2.25. The molecule has 5 nitrogen and oxygen atoms in total. The van der Waals surface area contributed by atoms with Crippen molar-refractivity contribution in [3.63, 3.8) is 0 Å². The quantitative estimate of drug-likeness (QED) is 0.624. The third-order valence-electron chi connectivity index (χ3n) is 3.54. The van der Waals surface area contributed by atoms with Gasteiger partial charge in [-0.2, -0.15) is 4.98 Å². The summed E-state index contributed by atoms with van der Waals surface area (Å²) in [5.41, 5.74) is 2.76. The molecule has 2 N–H and O–H groups in total. The molecule has 0 spiro atoms. The van der Waals surface area contributed by atoms with Crippen LogP contribution in [0.5, 0.6) is 5.75 Å². The second-order valence-corrected chi connectivity index (χ2v) is 5.35. The van der Waals surface area contributed by atoms with Crippen molar-refractivity contribution in [2.75, 3.05) is 24.3 Å². The van der Waals surface area contributed by atoms with Crippen molar-refractivity contribution in [3.05, 3.63) is 73.3 Å². The van der Waals surface area contributed by atoms with Crippen LogP contribution >= 0.6 is 0 Å². The molecule has 0 radical (unpaired) electrons. The molecule has 0 saturated heterocycles. The van der Waals surface area contributed by atoms with E-state index in [0.29, 0.717) is 18.3 Å². The fraction of sp³-hybridized carbons (Fsp3) is 0.100. The molecule has 5 heteroatoms. The van der Waals surface area contributed by atoms with E-state index in [2.05, 4.69) is 27.2 Å². The van der Waals surface area contributed by atoms with Crippen LogP contribution in [0, 0.1) is 0 Å². The van der Waals surface area contributed by atoms with Gasteiger partial charge in [0.2, 0.25) is 5.95 Å². The van der Waals surface area contributed by atoms with Crippen LogP contribution in [-0.2, 0) is 0 Å². The average molecular weight is 332 g/mol. The molecule has 0 saturated carbocycles. The van der Waals surface area contributed by atoms with Crippen molar-refractivity contribution in [3.8, 4) is 17.0 Å². The second kappa shape index (κ2) is 7.97. The summed E-state index contributed by atoms with van der Waals surface area (Å²) in [7, 11) is 1.65. The molecular formula is C20H20N4O. The first-order valence-corrected chi connectivity index (χ1v) is 7.99. The number of benzene rings is 2. The lowest BCUT2D eigenvalue weighted by Gasteiger charge is -2.11. The third kappa shape index (κ3) is 4.35. The highest BCUT2D eigenvalue weighted by Gasteiger charge is 2.07. The number of methoxy groups -OCH3 is 1. The van der Waals surface area contributed by atoms with Crippen LogP contribution in [0.1, 0.15) is 0 Å². The van der Waals surface area contributed by atoms with Gasteiger partial charge in [-0.05, 0) is 12.1 Å². The predicted molar refractivity (Wildman–Crippen MR) is 102 cm³/mol. The lowest BCUT2D eigenvalue weighted by atomic mass is 10.1. The predicted octanol–water partition coefficient (Wildman–Crippen LogP) is 4.49. The number of aromatic nitrogens is 2. The molecule has 0 unspecified atom stereocenters. The zero-order valence-corrected chi connectivity index (χ0v) is 14.1. The van der Waals surface area contributed by atoms with Gasteiger partial charge in [0, 0.05) is 29.9 Å². The van der Waals surface area contributed by atoms with E-state index >= 15 is 0 Å². The van der Waals surface area contributed by atoms with Crippen molar-refractivity contribution in [2.45, 2.75) is 0 Å². The van der Waals surface area contributed by atoms with Crippen molar-refractivity contribution in [2.24, 2.45) is 0 Å². The van der Waals surface area contributed by atoms with E-state index in [-0.39, 0.29) is 0 Å². The lowest BCUT2D eigenvalue weighted by Crippen LogP contribution is -2.06. The van der Waals surface area contributed by atoms with Gasteiger partial charge in [-0.1, -0.05) is 42.5 Å². The maximum atomic E-state index is 5.27. The largest absolute Gasteiger partial charge is 0.497 e. The molecule has 25 heavy (non-hydrogen) atoms. The van der Waals surface area contributed by atoms with Gasteiger partial charge in [0.25, 0.3) is 0 Å². The second-order valence-electron chi connectivity index (χ2n) is 5.35. The minimum atomic E-state index is 0.548. The number of rotatable bonds is 7. The molecule has 0 aliphatic heterocycles. The zero-order chi connectivity index (χ0) is 17.5. The Morgan fingerprint density at radius 2 is 1.88 bits per heavy atom. The van der Waals surface area contributed by atoms with Crippen molar-refractivity contribution in [1.29, 1.82) is 0 Å². The molecule has 0 aliphatic rings. The molecule has 126 valence electrons. The summed E-state index contributed by atoms with van der Waals surface area (Å²) in [5.74, 6) is 2.03. The summed E-state index contributed by atoms with van der Waals surface area (Å²) in [6, 6.07) is 19.6. The van der Waals surface area contributed by atoms with Gasteiger partial charge >= 0.3 is 0 Å². The molecule has 3 aromatic rings. The van der Waals surface area contributed by atoms with Gasteiger partial charge in [0.15, 0.2) is 0 Å². The highest BCUT2D eigenvalue weighted by atomic mass is 16.5. The van der Waals surface area contributed by atoms with Crippen LogP contribution in [0.3, 0.4) is 0 Å². The van der Waals surface area contributed by atoms with Crippen LogP contribution in [0.2, 0.25) is 0 Å². The van der Waals surface area contributed by atoms with Crippen LogP contribution in [0.4, 0.5) is 17.5 Å². The Hall–Kier alpha value is -3.34. The number of nitrogens with zero attached hydrogens (tertiary/aromatic N) is 2. The van der Waals surface area contributed by atoms with Gasteiger partial charge in [0.05, 0.1) is 12.8 Å². The molecule has 0 amide bonds. The number of nitrogens with one attached hydrogen (secondary N) is 2. The summed E-state index contributed by atoms with van der Waals surface area (Å²) in [6.45, 7) is 4.31. The number of hydrogen-bond acceptors (Lipinski definition) is 5. The lowest BCUT2D eigenvalue weighted by molar-refractivity contribution is 0.415. The van der Waals surface area contributed by atoms with Gasteiger partial charge in [0.1, 0.15) is 11.6 Å². The summed E-state index contributed by atoms with van der Waals surface area (Å²) in [5, 5.41) is 6.46. The third-order valence-corrected chi connectivity index (χ3v) is 3.54. The Labute approximate surface area is 147 Å². The normalized spacial score (nSPS) is 10.1. The van der Waals surface area contributed by atoms with Gasteiger partial charge in [-0.15, -0.1) is 6.58 Å². The van der Waals surface area contributed by atoms with E-state index in [9.17, 15) is 0 Å². The molecule has 0 atom stereocenters. The number of hydrogen-bond donors (Lipinski definition) is 2. The number of anilines is 3. The van der Waals surface area contributed by atoms with E-state index < -0.39 is 0 Å². The molecule has 2 aromatic carbocycles. The Morgan fingerprint density at radius 3 is 2.64 bits per heavy atom. The Kier molecular flexibility index (Phi) is 5.26. The van der Waals surface area contributed by atoms with Gasteiger partial charge in [-0.25, -0.2) is 4.98 Å². The monoisotopic (exact) mass is 332 g/mol. The fourth-order valence-electron chi connectivity index (χ4n) is 2.36. The van der Waals surface area contributed by atoms with Gasteiger partial charge in [-0.3, -0.25) is 0 Å². The zero-order valence-electron chi connectivity index (χ0n) is 14.1. The first-order valence-electron chi connectivity index (χ1n) is 7.99. The molecule has 3 rings (SSSR count). The maximum absolute atomic E-state index is 5.27. The van der Waals surface area contributed by atoms with Crippen LogP contribution in [0.15, 0.2) is 73.3 Å². The van der Waals surface area contributed by atoms with Crippen LogP contribution in [0.25, 0.3) is 11.3 Å². The van der Waals surface area contributed by atoms with E-state index in [1.54, 1.807) is 13.2 Å². The highest BCUT2D eigenvalue weighted by molar-refractivity contribution is 5.67. The maximum Gasteiger partial charge on any atom is 0.225 e. The van der Waals surface area contributed by atoms with E-state index in [4.69, 9.17) is 4.74 Å². The fourth-order valence-corrected chi connectivity index (χ4v) is 2.36. The van der Waals surface area contributed by atoms with E-state index in [1.807, 2.05) is 60.7 Å². The molecule has 0 bridgehead atoms. The molecule has 0 aliphatic carbocycles. The first kappa shape index (κ1) is 16.5. The Balaban J connectivity index is 1.95. The summed E-state index contributed by atoms with van der Waals surface area (Å²) in [4.78, 5) is 9.11. The van der Waals surface area contributed by atoms with E-state index in [1.165, 1.54) is 0 Å². The molecule has 1 aromatic heterocycles. The minimum Gasteiger partial charge on any atom is -0.497 e. The first-order chi connectivity index (χ1) is 12.3. The molecule has 0 fully saturated rings. The summed E-state index contributed by atoms with van der Waals surface area (Å²) >= 11 is 0. The number of ether oxygens (including phenoxy) is 1. The smallest absolute Gasteiger partial charge is 0.225 e. The topological polar surface area (TPSA) is 59.1 Å². The summed E-state index contributed by atoms with van der Waals surface area (Å²) < 4.78 is 5.27. The Bertz CT molecular complexity index is 849. The molecular weight excluding hydrogens is 312 g/mol. The summed E-state index contributed by atoms with van der Waals surface area (Å²) in [6.07, 6.45) is 1.77. The minimum absolute atomic E-state index is 0.548. The van der Waals surface area contributed by atoms with Crippen molar-refractivity contribution >= 4 is 17.5 Å². The average Bonchev–Trinajstić information content (AvgIpc) is 2.67. The Morgan fingerprint density at radius 1 is 1.04 bits per heavy atom.